The first kappa shape index (κ1) is 24.3. The van der Waals surface area contributed by atoms with Crippen LogP contribution in [0.2, 0.25) is 0 Å². The van der Waals surface area contributed by atoms with Gasteiger partial charge in [0, 0.05) is 44.6 Å². The van der Waals surface area contributed by atoms with E-state index in [4.69, 9.17) is 4.74 Å². The summed E-state index contributed by atoms with van der Waals surface area (Å²) in [5, 5.41) is 9.75. The number of aliphatic hydroxyl groups excluding tert-OH is 1. The summed E-state index contributed by atoms with van der Waals surface area (Å²) in [5.74, 6) is 6.03. The van der Waals surface area contributed by atoms with Crippen LogP contribution in [0.5, 0.6) is 5.88 Å². The lowest BCUT2D eigenvalue weighted by Crippen LogP contribution is -2.50. The third-order valence-corrected chi connectivity index (χ3v) is 5.88. The van der Waals surface area contributed by atoms with E-state index in [0.717, 1.165) is 5.56 Å². The first-order chi connectivity index (χ1) is 15.8. The highest BCUT2D eigenvalue weighted by atomic mass is 16.5. The molecule has 0 bridgehead atoms. The van der Waals surface area contributed by atoms with Crippen LogP contribution in [-0.2, 0) is 11.2 Å². The van der Waals surface area contributed by atoms with Crippen LogP contribution < -0.4 is 4.74 Å². The summed E-state index contributed by atoms with van der Waals surface area (Å²) < 4.78 is 6.17. The van der Waals surface area contributed by atoms with Crippen LogP contribution in [0, 0.1) is 17.8 Å². The summed E-state index contributed by atoms with van der Waals surface area (Å²) in [4.78, 5) is 32.8. The molecule has 2 heterocycles. The SMILES string of the molecule is CC(=O)N(C)C[C@H]1Oc2ncc(C#CCc3ccccc3)cc2C(=O)N([C@H](C)CO)C[C@H]1C. The van der Waals surface area contributed by atoms with Gasteiger partial charge in [-0.1, -0.05) is 49.1 Å². The van der Waals surface area contributed by atoms with Crippen molar-refractivity contribution >= 4 is 11.8 Å². The number of likely N-dealkylation sites (N-methyl/N-ethyl adjacent to an activating group) is 1. The number of fused-ring (bicyclic) bond motifs is 1. The van der Waals surface area contributed by atoms with Crippen molar-refractivity contribution in [2.75, 3.05) is 26.7 Å². The smallest absolute Gasteiger partial charge is 0.259 e. The number of carbonyl (C=O) groups is 2. The van der Waals surface area contributed by atoms with E-state index in [1.54, 1.807) is 36.0 Å². The van der Waals surface area contributed by atoms with Crippen molar-refractivity contribution in [3.63, 3.8) is 0 Å². The predicted molar refractivity (Wildman–Crippen MR) is 126 cm³/mol. The van der Waals surface area contributed by atoms with E-state index in [2.05, 4.69) is 16.8 Å². The maximum Gasteiger partial charge on any atom is 0.259 e. The zero-order valence-electron chi connectivity index (χ0n) is 19.6. The molecule has 7 nitrogen and oxygen atoms in total. The van der Waals surface area contributed by atoms with Crippen molar-refractivity contribution in [1.82, 2.24) is 14.8 Å². The fraction of sp³-hybridized carbons (Fsp3) is 0.423. The highest BCUT2D eigenvalue weighted by molar-refractivity contribution is 5.97. The van der Waals surface area contributed by atoms with Crippen molar-refractivity contribution < 1.29 is 19.4 Å². The molecular weight excluding hydrogens is 418 g/mol. The van der Waals surface area contributed by atoms with Crippen LogP contribution in [0.1, 0.15) is 42.3 Å². The lowest BCUT2D eigenvalue weighted by Gasteiger charge is -2.37. The molecule has 0 aliphatic carbocycles. The molecule has 0 saturated heterocycles. The van der Waals surface area contributed by atoms with Gasteiger partial charge in [0.2, 0.25) is 11.8 Å². The third kappa shape index (κ3) is 6.11. The summed E-state index contributed by atoms with van der Waals surface area (Å²) in [6.45, 7) is 5.88. The molecule has 1 aromatic carbocycles. The molecule has 0 unspecified atom stereocenters. The molecule has 1 aliphatic rings. The van der Waals surface area contributed by atoms with Gasteiger partial charge in [-0.3, -0.25) is 9.59 Å². The Balaban J connectivity index is 1.94. The van der Waals surface area contributed by atoms with E-state index in [1.807, 2.05) is 37.3 Å². The van der Waals surface area contributed by atoms with Crippen LogP contribution in [0.4, 0.5) is 0 Å². The number of rotatable bonds is 5. The first-order valence-corrected chi connectivity index (χ1v) is 11.1. The Morgan fingerprint density at radius 1 is 1.36 bits per heavy atom. The molecule has 0 fully saturated rings. The second kappa shape index (κ2) is 11.0. The predicted octanol–water partition coefficient (Wildman–Crippen LogP) is 2.37. The monoisotopic (exact) mass is 449 g/mol. The Labute approximate surface area is 195 Å². The molecule has 3 atom stereocenters. The van der Waals surface area contributed by atoms with E-state index in [9.17, 15) is 14.7 Å². The van der Waals surface area contributed by atoms with Crippen LogP contribution in [0.15, 0.2) is 42.6 Å². The topological polar surface area (TPSA) is 83.0 Å². The molecule has 1 N–H and O–H groups in total. The maximum atomic E-state index is 13.4. The number of aromatic nitrogens is 1. The van der Waals surface area contributed by atoms with Gasteiger partial charge in [-0.15, -0.1) is 0 Å². The normalized spacial score (nSPS) is 18.7. The van der Waals surface area contributed by atoms with Crippen molar-refractivity contribution in [2.45, 2.75) is 39.3 Å². The minimum atomic E-state index is -0.370. The van der Waals surface area contributed by atoms with Crippen molar-refractivity contribution in [1.29, 1.82) is 0 Å². The van der Waals surface area contributed by atoms with E-state index in [-0.39, 0.29) is 42.4 Å². The minimum Gasteiger partial charge on any atom is -0.472 e. The Kier molecular flexibility index (Phi) is 8.07. The molecule has 0 saturated carbocycles. The third-order valence-electron chi connectivity index (χ3n) is 5.88. The number of hydrogen-bond donors (Lipinski definition) is 1. The lowest BCUT2D eigenvalue weighted by molar-refractivity contribution is -0.129. The van der Waals surface area contributed by atoms with Gasteiger partial charge < -0.3 is 19.6 Å². The zero-order chi connectivity index (χ0) is 24.0. The van der Waals surface area contributed by atoms with Gasteiger partial charge in [-0.2, -0.15) is 0 Å². The quantitative estimate of drug-likeness (QED) is 0.709. The fourth-order valence-electron chi connectivity index (χ4n) is 3.63. The largest absolute Gasteiger partial charge is 0.472 e. The Morgan fingerprint density at radius 2 is 2.09 bits per heavy atom. The van der Waals surface area contributed by atoms with Gasteiger partial charge in [-0.05, 0) is 18.6 Å². The highest BCUT2D eigenvalue weighted by Crippen LogP contribution is 2.27. The van der Waals surface area contributed by atoms with E-state index in [0.29, 0.717) is 30.6 Å². The lowest BCUT2D eigenvalue weighted by atomic mass is 10.00. The number of aliphatic hydroxyl groups is 1. The molecule has 3 rings (SSSR count). The molecule has 174 valence electrons. The summed E-state index contributed by atoms with van der Waals surface area (Å²) in [7, 11) is 1.72. The number of nitrogens with zero attached hydrogens (tertiary/aromatic N) is 3. The van der Waals surface area contributed by atoms with E-state index < -0.39 is 0 Å². The van der Waals surface area contributed by atoms with Crippen molar-refractivity contribution in [2.24, 2.45) is 5.92 Å². The average Bonchev–Trinajstić information content (AvgIpc) is 2.81. The number of pyridine rings is 1. The molecule has 0 spiro atoms. The van der Waals surface area contributed by atoms with Crippen molar-refractivity contribution in [3.8, 4) is 17.7 Å². The van der Waals surface area contributed by atoms with Gasteiger partial charge in [0.05, 0.1) is 19.2 Å². The Bertz CT molecular complexity index is 1040. The van der Waals surface area contributed by atoms with Gasteiger partial charge in [0.25, 0.3) is 5.91 Å². The molecular formula is C26H31N3O4. The van der Waals surface area contributed by atoms with Crippen molar-refractivity contribution in [3.05, 3.63) is 59.3 Å². The van der Waals surface area contributed by atoms with Gasteiger partial charge in [0.1, 0.15) is 11.7 Å². The number of ether oxygens (including phenoxy) is 1. The maximum absolute atomic E-state index is 13.4. The molecule has 1 aliphatic heterocycles. The second-order valence-corrected chi connectivity index (χ2v) is 8.56. The molecule has 1 aromatic heterocycles. The number of benzene rings is 1. The Morgan fingerprint density at radius 3 is 2.76 bits per heavy atom. The summed E-state index contributed by atoms with van der Waals surface area (Å²) in [5.41, 5.74) is 2.03. The van der Waals surface area contributed by atoms with Crippen LogP contribution in [0.25, 0.3) is 0 Å². The standard InChI is InChI=1S/C26H31N3O4/c1-18-15-29(19(2)17-30)26(32)23-13-22(12-8-11-21-9-6-5-7-10-21)14-27-25(23)33-24(18)16-28(4)20(3)31/h5-7,9-10,13-14,18-19,24,30H,11,15-17H2,1-4H3/t18-,19-,24-/m1/s1. The van der Waals surface area contributed by atoms with Crippen LogP contribution in [0.3, 0.4) is 0 Å². The zero-order valence-corrected chi connectivity index (χ0v) is 19.6. The molecule has 0 radical (unpaired) electrons. The average molecular weight is 450 g/mol. The summed E-state index contributed by atoms with van der Waals surface area (Å²) in [6.07, 6.45) is 1.83. The highest BCUT2D eigenvalue weighted by Gasteiger charge is 2.34. The molecule has 33 heavy (non-hydrogen) atoms. The number of carbonyl (C=O) groups excluding carboxylic acids is 2. The van der Waals surface area contributed by atoms with Crippen LogP contribution in [-0.4, -0.2) is 70.6 Å². The second-order valence-electron chi connectivity index (χ2n) is 8.56. The molecule has 2 amide bonds. The number of amides is 2. The van der Waals surface area contributed by atoms with Crippen LogP contribution >= 0.6 is 0 Å². The van der Waals surface area contributed by atoms with E-state index in [1.165, 1.54) is 6.92 Å². The van der Waals surface area contributed by atoms with Gasteiger partial charge in [0.15, 0.2) is 0 Å². The van der Waals surface area contributed by atoms with E-state index >= 15 is 0 Å². The van der Waals surface area contributed by atoms with Gasteiger partial charge >= 0.3 is 0 Å². The first-order valence-electron chi connectivity index (χ1n) is 11.1. The fourth-order valence-corrected chi connectivity index (χ4v) is 3.63. The molecule has 2 aromatic rings. The molecule has 7 heteroatoms. The summed E-state index contributed by atoms with van der Waals surface area (Å²) >= 11 is 0. The van der Waals surface area contributed by atoms with Gasteiger partial charge in [-0.25, -0.2) is 4.98 Å². The summed E-state index contributed by atoms with van der Waals surface area (Å²) in [6, 6.07) is 11.3. The minimum absolute atomic E-state index is 0.0678. The number of hydrogen-bond acceptors (Lipinski definition) is 5. The Hall–Kier alpha value is -3.37.